The molecule has 1 aromatic heterocycles. The van der Waals surface area contributed by atoms with Crippen molar-refractivity contribution in [2.24, 2.45) is 11.7 Å². The number of thiazole rings is 1. The molecule has 1 fully saturated rings. The minimum Gasteiger partial charge on any atom is -0.328 e. The Hall–Kier alpha value is -1.76. The number of carbonyl (C=O) groups is 1. The summed E-state index contributed by atoms with van der Waals surface area (Å²) in [4.78, 5) is 20.7. The lowest BCUT2D eigenvalue weighted by atomic mass is 10.1. The normalized spacial score (nSPS) is 23.4. The summed E-state index contributed by atoms with van der Waals surface area (Å²) in [7, 11) is 0. The Labute approximate surface area is 152 Å². The van der Waals surface area contributed by atoms with Crippen LogP contribution in [0.25, 0.3) is 0 Å². The molecule has 0 radical (unpaired) electrons. The predicted molar refractivity (Wildman–Crippen MR) is 100 cm³/mol. The number of aromatic nitrogens is 1. The van der Waals surface area contributed by atoms with Crippen molar-refractivity contribution in [3.63, 3.8) is 0 Å². The van der Waals surface area contributed by atoms with Crippen LogP contribution in [-0.4, -0.2) is 28.4 Å². The molecule has 1 amide bonds. The van der Waals surface area contributed by atoms with Crippen LogP contribution >= 0.6 is 11.3 Å². The van der Waals surface area contributed by atoms with Gasteiger partial charge >= 0.3 is 0 Å². The quantitative estimate of drug-likeness (QED) is 0.884. The van der Waals surface area contributed by atoms with Crippen molar-refractivity contribution in [2.75, 3.05) is 11.9 Å². The molecule has 0 bridgehead atoms. The van der Waals surface area contributed by atoms with Crippen molar-refractivity contribution >= 4 is 22.4 Å². The van der Waals surface area contributed by atoms with Crippen LogP contribution in [0, 0.1) is 5.92 Å². The predicted octanol–water partition coefficient (Wildman–Crippen LogP) is 2.77. The monoisotopic (exact) mass is 356 g/mol. The maximum absolute atomic E-state index is 12.4. The van der Waals surface area contributed by atoms with E-state index in [9.17, 15) is 4.79 Å². The molecule has 1 saturated carbocycles. The lowest BCUT2D eigenvalue weighted by Gasteiger charge is -2.25. The summed E-state index contributed by atoms with van der Waals surface area (Å²) in [5.41, 5.74) is 8.40. The lowest BCUT2D eigenvalue weighted by molar-refractivity contribution is -0.119. The Kier molecular flexibility index (Phi) is 4.83. The third-order valence-electron chi connectivity index (χ3n) is 5.13. The zero-order valence-corrected chi connectivity index (χ0v) is 15.1. The van der Waals surface area contributed by atoms with E-state index in [1.165, 1.54) is 10.4 Å². The highest BCUT2D eigenvalue weighted by molar-refractivity contribution is 7.15. The van der Waals surface area contributed by atoms with Crippen LogP contribution in [0.5, 0.6) is 0 Å². The van der Waals surface area contributed by atoms with Gasteiger partial charge in [-0.2, -0.15) is 0 Å². The summed E-state index contributed by atoms with van der Waals surface area (Å²) in [5, 5.41) is 3.77. The van der Waals surface area contributed by atoms with Gasteiger partial charge in [-0.15, -0.1) is 11.3 Å². The van der Waals surface area contributed by atoms with E-state index in [4.69, 9.17) is 5.73 Å². The fourth-order valence-corrected chi connectivity index (χ4v) is 4.79. The first-order chi connectivity index (χ1) is 12.2. The van der Waals surface area contributed by atoms with E-state index in [0.29, 0.717) is 0 Å². The van der Waals surface area contributed by atoms with Crippen molar-refractivity contribution in [1.82, 2.24) is 9.88 Å². The number of fused-ring (bicyclic) bond motifs is 1. The standard InChI is InChI=1S/C19H24N4OS/c20-15-7-6-14(10-15)18(24)22-19-21-16-8-9-23(12-17(16)25-19)11-13-4-2-1-3-5-13/h1-5,14-15H,6-12,20H2,(H,21,22,24). The van der Waals surface area contributed by atoms with Gasteiger partial charge in [0.2, 0.25) is 5.91 Å². The molecule has 4 rings (SSSR count). The molecule has 132 valence electrons. The molecule has 5 nitrogen and oxygen atoms in total. The van der Waals surface area contributed by atoms with Crippen molar-refractivity contribution in [3.05, 3.63) is 46.5 Å². The molecule has 0 saturated heterocycles. The molecule has 1 aliphatic carbocycles. The Morgan fingerprint density at radius 2 is 2.16 bits per heavy atom. The summed E-state index contributed by atoms with van der Waals surface area (Å²) < 4.78 is 0. The third-order valence-corrected chi connectivity index (χ3v) is 6.13. The SMILES string of the molecule is NC1CCC(C(=O)Nc2nc3c(s2)CN(Cc2ccccc2)CC3)C1. The highest BCUT2D eigenvalue weighted by Gasteiger charge is 2.29. The van der Waals surface area contributed by atoms with E-state index < -0.39 is 0 Å². The van der Waals surface area contributed by atoms with Gasteiger partial charge < -0.3 is 11.1 Å². The Morgan fingerprint density at radius 1 is 1.32 bits per heavy atom. The van der Waals surface area contributed by atoms with Crippen LogP contribution in [0.4, 0.5) is 5.13 Å². The average Bonchev–Trinajstić information content (AvgIpc) is 3.21. The van der Waals surface area contributed by atoms with E-state index in [-0.39, 0.29) is 17.9 Å². The highest BCUT2D eigenvalue weighted by atomic mass is 32.1. The molecule has 2 heterocycles. The zero-order chi connectivity index (χ0) is 17.2. The van der Waals surface area contributed by atoms with Gasteiger partial charge in [-0.1, -0.05) is 30.3 Å². The van der Waals surface area contributed by atoms with Gasteiger partial charge in [-0.25, -0.2) is 4.98 Å². The molecule has 6 heteroatoms. The lowest BCUT2D eigenvalue weighted by Crippen LogP contribution is -2.29. The van der Waals surface area contributed by atoms with Gasteiger partial charge in [-0.3, -0.25) is 9.69 Å². The van der Waals surface area contributed by atoms with E-state index in [0.717, 1.165) is 56.1 Å². The number of hydrogen-bond acceptors (Lipinski definition) is 5. The number of hydrogen-bond donors (Lipinski definition) is 2. The van der Waals surface area contributed by atoms with Gasteiger partial charge in [0.05, 0.1) is 5.69 Å². The van der Waals surface area contributed by atoms with Crippen LogP contribution in [0.3, 0.4) is 0 Å². The topological polar surface area (TPSA) is 71.2 Å². The van der Waals surface area contributed by atoms with Gasteiger partial charge in [0.15, 0.2) is 5.13 Å². The Morgan fingerprint density at radius 3 is 2.92 bits per heavy atom. The van der Waals surface area contributed by atoms with Gasteiger partial charge in [-0.05, 0) is 24.8 Å². The van der Waals surface area contributed by atoms with Crippen LogP contribution in [0.1, 0.15) is 35.4 Å². The molecule has 2 unspecified atom stereocenters. The summed E-state index contributed by atoms with van der Waals surface area (Å²) in [5.74, 6) is 0.130. The molecule has 25 heavy (non-hydrogen) atoms. The van der Waals surface area contributed by atoms with Gasteiger partial charge in [0.1, 0.15) is 0 Å². The summed E-state index contributed by atoms with van der Waals surface area (Å²) in [6.07, 6.45) is 3.58. The fraction of sp³-hybridized carbons (Fsp3) is 0.474. The van der Waals surface area contributed by atoms with Crippen LogP contribution in [0.2, 0.25) is 0 Å². The zero-order valence-electron chi connectivity index (χ0n) is 14.3. The average molecular weight is 356 g/mol. The van der Waals surface area contributed by atoms with Crippen molar-refractivity contribution in [2.45, 2.75) is 44.8 Å². The van der Waals surface area contributed by atoms with E-state index >= 15 is 0 Å². The van der Waals surface area contributed by atoms with Crippen molar-refractivity contribution in [3.8, 4) is 0 Å². The number of nitrogens with zero attached hydrogens (tertiary/aromatic N) is 2. The Balaban J connectivity index is 1.38. The van der Waals surface area contributed by atoms with Crippen molar-refractivity contribution in [1.29, 1.82) is 0 Å². The third kappa shape index (κ3) is 3.92. The summed E-state index contributed by atoms with van der Waals surface area (Å²) >= 11 is 1.62. The number of nitrogens with one attached hydrogen (secondary N) is 1. The van der Waals surface area contributed by atoms with Gasteiger partial charge in [0.25, 0.3) is 0 Å². The minimum atomic E-state index is 0.0468. The van der Waals surface area contributed by atoms with Crippen LogP contribution < -0.4 is 11.1 Å². The van der Waals surface area contributed by atoms with Crippen LogP contribution in [0.15, 0.2) is 30.3 Å². The maximum atomic E-state index is 12.4. The van der Waals surface area contributed by atoms with E-state index in [1.807, 2.05) is 6.07 Å². The maximum Gasteiger partial charge on any atom is 0.229 e. The molecular weight excluding hydrogens is 332 g/mol. The first kappa shape index (κ1) is 16.7. The molecule has 2 aliphatic rings. The van der Waals surface area contributed by atoms with Crippen LogP contribution in [-0.2, 0) is 24.3 Å². The second kappa shape index (κ2) is 7.23. The number of rotatable bonds is 4. The highest BCUT2D eigenvalue weighted by Crippen LogP contribution is 2.31. The molecule has 1 aromatic carbocycles. The van der Waals surface area contributed by atoms with E-state index in [1.54, 1.807) is 11.3 Å². The first-order valence-corrected chi connectivity index (χ1v) is 9.80. The molecule has 3 N–H and O–H groups in total. The summed E-state index contributed by atoms with van der Waals surface area (Å²) in [6, 6.07) is 10.7. The summed E-state index contributed by atoms with van der Waals surface area (Å²) in [6.45, 7) is 2.88. The number of carbonyl (C=O) groups excluding carboxylic acids is 1. The molecule has 0 spiro atoms. The number of nitrogens with two attached hydrogens (primary N) is 1. The first-order valence-electron chi connectivity index (χ1n) is 8.98. The molecule has 2 atom stereocenters. The van der Waals surface area contributed by atoms with Crippen molar-refractivity contribution < 1.29 is 4.79 Å². The fourth-order valence-electron chi connectivity index (χ4n) is 3.74. The number of amides is 1. The molecular formula is C19H24N4OS. The number of anilines is 1. The smallest absolute Gasteiger partial charge is 0.229 e. The largest absolute Gasteiger partial charge is 0.328 e. The number of benzene rings is 1. The second-order valence-corrected chi connectivity index (χ2v) is 8.18. The Bertz CT molecular complexity index is 745. The second-order valence-electron chi connectivity index (χ2n) is 7.09. The minimum absolute atomic E-state index is 0.0468. The molecule has 2 aromatic rings. The van der Waals surface area contributed by atoms with Gasteiger partial charge in [0, 0.05) is 42.9 Å². The van der Waals surface area contributed by atoms with E-state index in [2.05, 4.69) is 39.5 Å². The molecule has 1 aliphatic heterocycles.